The van der Waals surface area contributed by atoms with Crippen LogP contribution < -0.4 is 0 Å². The van der Waals surface area contributed by atoms with Crippen LogP contribution in [0.1, 0.15) is 19.3 Å². The highest BCUT2D eigenvalue weighted by molar-refractivity contribution is 5.83. The molecule has 0 saturated carbocycles. The predicted molar refractivity (Wildman–Crippen MR) is 57.1 cm³/mol. The Labute approximate surface area is 99.0 Å². The molecule has 0 aliphatic rings. The van der Waals surface area contributed by atoms with Gasteiger partial charge in [0.05, 0.1) is 6.61 Å². The van der Waals surface area contributed by atoms with Crippen LogP contribution in [0.2, 0.25) is 0 Å². The van der Waals surface area contributed by atoms with Crippen molar-refractivity contribution in [2.45, 2.75) is 43.7 Å². The van der Waals surface area contributed by atoms with Crippen molar-refractivity contribution in [1.82, 2.24) is 0 Å². The van der Waals surface area contributed by atoms with E-state index in [0.717, 1.165) is 0 Å². The molecule has 7 nitrogen and oxygen atoms in total. The van der Waals surface area contributed by atoms with Gasteiger partial charge in [-0.3, -0.25) is 4.79 Å². The van der Waals surface area contributed by atoms with E-state index < -0.39 is 36.8 Å². The summed E-state index contributed by atoms with van der Waals surface area (Å²) < 4.78 is 0. The number of ketones is 1. The Morgan fingerprint density at radius 1 is 0.941 bits per heavy atom. The first-order valence-corrected chi connectivity index (χ1v) is 5.42. The number of Topliss-reactive ketones (excluding diaryl/α,β-unsaturated/α-hetero) is 1. The lowest BCUT2D eigenvalue weighted by molar-refractivity contribution is -0.147. The van der Waals surface area contributed by atoms with Crippen molar-refractivity contribution in [2.75, 3.05) is 13.2 Å². The molecule has 0 radical (unpaired) electrons. The van der Waals surface area contributed by atoms with Gasteiger partial charge in [0.2, 0.25) is 0 Å². The summed E-state index contributed by atoms with van der Waals surface area (Å²) in [7, 11) is 0. The van der Waals surface area contributed by atoms with Gasteiger partial charge in [-0.2, -0.15) is 0 Å². The maximum absolute atomic E-state index is 11.3. The SMILES string of the molecule is O=C(CCCCO)[C@H](O)[C@@H](O)[C@H](O)[C@H](O)CO. The smallest absolute Gasteiger partial charge is 0.164 e. The second-order valence-electron chi connectivity index (χ2n) is 3.82. The standard InChI is InChI=1S/C10H20O7/c11-4-2-1-3-6(13)8(15)10(17)9(16)7(14)5-12/h7-12,14-17H,1-5H2/t7-,8+,9-,10-/m1/s1. The summed E-state index contributed by atoms with van der Waals surface area (Å²) in [6.07, 6.45) is -6.36. The highest BCUT2D eigenvalue weighted by Crippen LogP contribution is 2.09. The van der Waals surface area contributed by atoms with Crippen molar-refractivity contribution in [3.8, 4) is 0 Å². The topological polar surface area (TPSA) is 138 Å². The van der Waals surface area contributed by atoms with Crippen LogP contribution >= 0.6 is 0 Å². The molecule has 7 heteroatoms. The third-order valence-electron chi connectivity index (χ3n) is 2.42. The van der Waals surface area contributed by atoms with Gasteiger partial charge >= 0.3 is 0 Å². The fourth-order valence-electron chi connectivity index (χ4n) is 1.27. The molecule has 6 N–H and O–H groups in total. The van der Waals surface area contributed by atoms with E-state index in [0.29, 0.717) is 12.8 Å². The average molecular weight is 252 g/mol. The maximum Gasteiger partial charge on any atom is 0.164 e. The van der Waals surface area contributed by atoms with Gasteiger partial charge in [-0.1, -0.05) is 0 Å². The Bertz CT molecular complexity index is 221. The normalized spacial score (nSPS) is 18.5. The van der Waals surface area contributed by atoms with Crippen LogP contribution in [0.15, 0.2) is 0 Å². The Balaban J connectivity index is 4.18. The molecule has 4 atom stereocenters. The van der Waals surface area contributed by atoms with Crippen molar-refractivity contribution in [1.29, 1.82) is 0 Å². The van der Waals surface area contributed by atoms with E-state index in [1.807, 2.05) is 0 Å². The van der Waals surface area contributed by atoms with Gasteiger partial charge < -0.3 is 30.6 Å². The van der Waals surface area contributed by atoms with Crippen LogP contribution in [0, 0.1) is 0 Å². The predicted octanol–water partition coefficient (Wildman–Crippen LogP) is -2.85. The molecule has 0 aromatic carbocycles. The first-order valence-electron chi connectivity index (χ1n) is 5.42. The molecule has 0 fully saturated rings. The van der Waals surface area contributed by atoms with E-state index in [-0.39, 0.29) is 13.0 Å². The van der Waals surface area contributed by atoms with Crippen LogP contribution in [-0.4, -0.2) is 74.1 Å². The first-order chi connectivity index (χ1) is 7.95. The summed E-state index contributed by atoms with van der Waals surface area (Å²) in [6.45, 7) is -0.860. The fraction of sp³-hybridized carbons (Fsp3) is 0.900. The molecule has 0 aromatic rings. The van der Waals surface area contributed by atoms with E-state index in [1.54, 1.807) is 0 Å². The minimum atomic E-state index is -1.85. The van der Waals surface area contributed by atoms with Gasteiger partial charge in [0.15, 0.2) is 5.78 Å². The second-order valence-corrected chi connectivity index (χ2v) is 3.82. The number of hydrogen-bond acceptors (Lipinski definition) is 7. The first kappa shape index (κ1) is 16.4. The van der Waals surface area contributed by atoms with Crippen molar-refractivity contribution in [3.05, 3.63) is 0 Å². The zero-order valence-electron chi connectivity index (χ0n) is 9.44. The second kappa shape index (κ2) is 8.51. The number of carbonyl (C=O) groups is 1. The van der Waals surface area contributed by atoms with Gasteiger partial charge in [-0.05, 0) is 12.8 Å². The molecular weight excluding hydrogens is 232 g/mol. The molecule has 0 spiro atoms. The summed E-state index contributed by atoms with van der Waals surface area (Å²) in [5, 5.41) is 54.1. The minimum Gasteiger partial charge on any atom is -0.396 e. The van der Waals surface area contributed by atoms with E-state index in [2.05, 4.69) is 0 Å². The summed E-state index contributed by atoms with van der Waals surface area (Å²) in [5.41, 5.74) is 0. The Kier molecular flexibility index (Phi) is 8.23. The van der Waals surface area contributed by atoms with Crippen LogP contribution in [0.25, 0.3) is 0 Å². The average Bonchev–Trinajstić information content (AvgIpc) is 2.35. The van der Waals surface area contributed by atoms with Gasteiger partial charge in [-0.15, -0.1) is 0 Å². The molecule has 0 aliphatic carbocycles. The van der Waals surface area contributed by atoms with E-state index in [4.69, 9.17) is 15.3 Å². The largest absolute Gasteiger partial charge is 0.396 e. The number of carbonyl (C=O) groups excluding carboxylic acids is 1. The quantitative estimate of drug-likeness (QED) is 0.243. The zero-order chi connectivity index (χ0) is 13.4. The number of unbranched alkanes of at least 4 members (excludes halogenated alkanes) is 1. The molecular formula is C10H20O7. The molecule has 0 saturated heterocycles. The monoisotopic (exact) mass is 252 g/mol. The number of aliphatic hydroxyl groups is 6. The fourth-order valence-corrected chi connectivity index (χ4v) is 1.27. The van der Waals surface area contributed by atoms with Crippen molar-refractivity contribution < 1.29 is 35.4 Å². The van der Waals surface area contributed by atoms with Crippen LogP contribution in [0.4, 0.5) is 0 Å². The lowest BCUT2D eigenvalue weighted by Crippen LogP contribution is -2.48. The maximum atomic E-state index is 11.3. The molecule has 102 valence electrons. The van der Waals surface area contributed by atoms with Crippen LogP contribution in [0.3, 0.4) is 0 Å². The van der Waals surface area contributed by atoms with Crippen molar-refractivity contribution in [2.24, 2.45) is 0 Å². The molecule has 0 aromatic heterocycles. The van der Waals surface area contributed by atoms with Gasteiger partial charge in [0.25, 0.3) is 0 Å². The minimum absolute atomic E-state index is 0.0409. The molecule has 0 bridgehead atoms. The highest BCUT2D eigenvalue weighted by Gasteiger charge is 2.33. The van der Waals surface area contributed by atoms with Gasteiger partial charge in [0.1, 0.15) is 24.4 Å². The summed E-state index contributed by atoms with van der Waals surface area (Å²) >= 11 is 0. The van der Waals surface area contributed by atoms with Crippen molar-refractivity contribution in [3.63, 3.8) is 0 Å². The van der Waals surface area contributed by atoms with E-state index in [1.165, 1.54) is 0 Å². The lowest BCUT2D eigenvalue weighted by Gasteiger charge is -2.24. The Hall–Kier alpha value is -0.570. The molecule has 17 heavy (non-hydrogen) atoms. The van der Waals surface area contributed by atoms with Crippen LogP contribution in [0.5, 0.6) is 0 Å². The Morgan fingerprint density at radius 3 is 2.00 bits per heavy atom. The van der Waals surface area contributed by atoms with Crippen LogP contribution in [-0.2, 0) is 4.79 Å². The highest BCUT2D eigenvalue weighted by atomic mass is 16.4. The molecule has 0 unspecified atom stereocenters. The zero-order valence-corrected chi connectivity index (χ0v) is 9.44. The van der Waals surface area contributed by atoms with Crippen molar-refractivity contribution >= 4 is 5.78 Å². The third kappa shape index (κ3) is 5.53. The van der Waals surface area contributed by atoms with Gasteiger partial charge in [-0.25, -0.2) is 0 Å². The van der Waals surface area contributed by atoms with E-state index in [9.17, 15) is 20.1 Å². The summed E-state index contributed by atoms with van der Waals surface area (Å²) in [6, 6.07) is 0. The summed E-state index contributed by atoms with van der Waals surface area (Å²) in [4.78, 5) is 11.3. The number of rotatable bonds is 9. The van der Waals surface area contributed by atoms with E-state index >= 15 is 0 Å². The molecule has 0 aliphatic heterocycles. The number of aliphatic hydroxyl groups excluding tert-OH is 6. The molecule has 0 heterocycles. The molecule has 0 rings (SSSR count). The molecule has 0 amide bonds. The number of hydrogen-bond donors (Lipinski definition) is 6. The summed E-state index contributed by atoms with van der Waals surface area (Å²) in [5.74, 6) is -0.685. The van der Waals surface area contributed by atoms with Gasteiger partial charge in [0, 0.05) is 13.0 Å². The third-order valence-corrected chi connectivity index (χ3v) is 2.42. The Morgan fingerprint density at radius 2 is 1.53 bits per heavy atom. The lowest BCUT2D eigenvalue weighted by atomic mass is 9.98.